The molecule has 748 valence electrons. The maximum absolute atomic E-state index is 17.8. The van der Waals surface area contributed by atoms with E-state index in [1.165, 1.54) is 114 Å². The standard InChI is InChI=1S/C54H48F2N12O14P2S2.C25H27F2N9O8P2S2.2H3N.4H2S/c1-3-23-63(51(69)33-15-7-5-8-16-33)47-43-49(59-29-57-47)65(31-61-43)53-41(55)45-39(79-53)25-77-84(76,86-28-36-20-12-14-22-38(36)68(73)74)82-46-40(26-78-83(75,81-45)85-27-35-19-11-13-21-37(35)67(71)72)80-54(42(46)56)66-32-62-44-48(58-30-60-50(44)66)64(24-4-2)52(70)34-17-9-6-10-18-34;26-15-19-13-6-39-46(38,48)44-20-14(7-40-45(37,47)43-19)42-25(16(20)27)36-11-34-18-21(30-9-32-23(18)36)28-5-3-1-2-4-12-17-22(31-8-29-12)35(10-33-17)24(15)41-13;;;;;;/h3-22,29-32,39-42,45-46,53-54H,1-2,23-28H2;1,3,8-11,13-16,19-20,24-25H,2,4-7H2,(H,37,47)(H,38,48)(H,28,30,32);2*1H3;4*1H2/b;3-1+;;;;;;/t39-,40-,41-,42-,45-,46-,53-,54?,83+,84+;13-,14-,15-,16-,19-,20-,24-,25?,45?,46?;;;;;;/m11....../s1. The molecule has 140 heavy (non-hydrogen) atoms. The molecule has 16 heterocycles. The molecular formula is C79H89F4N23O22P4S8. The van der Waals surface area contributed by atoms with Crippen LogP contribution in [0.15, 0.2) is 197 Å². The number of nitrogens with one attached hydrogen (secondary N) is 1. The molecule has 20 rings (SSSR count). The summed E-state index contributed by atoms with van der Waals surface area (Å²) in [5.74, 6) is -1.37. The number of nitro benzene ring substituents is 2. The van der Waals surface area contributed by atoms with E-state index in [0.717, 1.165) is 25.3 Å². The molecule has 9 N–H and O–H groups in total. The van der Waals surface area contributed by atoms with Crippen molar-refractivity contribution >= 4 is 213 Å². The Labute approximate surface area is 838 Å². The highest BCUT2D eigenvalue weighted by atomic mass is 32.7. The number of hydrogen-bond donors (Lipinski definition) is 3. The van der Waals surface area contributed by atoms with E-state index in [0.29, 0.717) is 75.8 Å². The monoisotopic (exact) mass is 2170 g/mol. The summed E-state index contributed by atoms with van der Waals surface area (Å²) in [7, 11) is 0. The molecule has 14 bridgehead atoms. The summed E-state index contributed by atoms with van der Waals surface area (Å²) in [5.41, 5.74) is 1.81. The van der Waals surface area contributed by atoms with Gasteiger partial charge in [-0.15, -0.1) is 13.2 Å². The zero-order chi connectivity index (χ0) is 93.5. The molecule has 0 aliphatic carbocycles. The van der Waals surface area contributed by atoms with Crippen LogP contribution in [0.5, 0.6) is 0 Å². The summed E-state index contributed by atoms with van der Waals surface area (Å²) < 4.78 is 189. The molecule has 2 amide bonds. The van der Waals surface area contributed by atoms with Crippen LogP contribution in [-0.2, 0) is 111 Å². The van der Waals surface area contributed by atoms with Gasteiger partial charge >= 0.3 is 13.6 Å². The lowest BCUT2D eigenvalue weighted by Crippen LogP contribution is -2.38. The van der Waals surface area contributed by atoms with Gasteiger partial charge in [-0.2, -0.15) is 54.0 Å². The SMILES string of the molecule is C=CCN(C(=O)c1ccccc1)c1ncnc2c1ncn2C1O[C@@H]2CO[P@](=O)(SCc3ccccc3[N+](=O)[O-])O[C@H]3[C@@H](F)[C@H](n4cnc5c(N(CC=C)C(=O)c6ccccc6)ncnc54)O[C@@H]3CO[P@](=O)(SCc3ccccc3[N+](=O)[O-])O[C@H]2[C@H]1F.O=P1([S-])OC[C@H]2OC3[C@H](F)[C@@H]2OP([O-])(=S)OC[C@H]2O[C@H]([C@H](F)[C@@H]2O1)n1cnc2c(ncnc21)CC/C=C/CNc1ncnc2c1ncn23.S.S.S.S.[NH4+].[NH4+]. The Morgan fingerprint density at radius 1 is 0.493 bits per heavy atom. The number of nitro groups is 2. The number of amides is 2. The Hall–Kier alpha value is -9.25. The molecule has 61 heteroatoms. The van der Waals surface area contributed by atoms with Gasteiger partial charge < -0.3 is 71.8 Å². The molecule has 8 aliphatic rings. The lowest BCUT2D eigenvalue weighted by atomic mass is 10.1. The maximum atomic E-state index is 17.8. The molecule has 0 radical (unpaired) electrons. The molecule has 6 fully saturated rings. The molecule has 4 unspecified atom stereocenters. The first-order chi connectivity index (χ1) is 64.7. The van der Waals surface area contributed by atoms with Crippen molar-refractivity contribution in [2.24, 2.45) is 0 Å². The van der Waals surface area contributed by atoms with Gasteiger partial charge in [-0.1, -0.05) is 109 Å². The zero-order valence-electron chi connectivity index (χ0n) is 73.1. The van der Waals surface area contributed by atoms with Crippen molar-refractivity contribution in [1.82, 2.24) is 90.4 Å². The topological polar surface area (TPSA) is 571 Å². The highest BCUT2D eigenvalue weighted by Gasteiger charge is 2.58. The number of anilines is 3. The first kappa shape index (κ1) is 110. The minimum Gasteiger partial charge on any atom is -0.780 e. The first-order valence-electron chi connectivity index (χ1n) is 40.8. The van der Waals surface area contributed by atoms with E-state index in [9.17, 15) is 39.3 Å². The average molecular weight is 2170 g/mol. The minimum absolute atomic E-state index is 0. The van der Waals surface area contributed by atoms with Crippen molar-refractivity contribution in [3.05, 3.63) is 245 Å². The molecule has 0 spiro atoms. The summed E-state index contributed by atoms with van der Waals surface area (Å²) >= 11 is 11.1. The number of aromatic nitrogens is 16. The predicted octanol–water partition coefficient (Wildman–Crippen LogP) is 13.8. The van der Waals surface area contributed by atoms with Crippen LogP contribution in [0.25, 0.3) is 44.7 Å². The largest absolute Gasteiger partial charge is 0.780 e. The number of ether oxygens (including phenoxy) is 4. The van der Waals surface area contributed by atoms with E-state index < -0.39 is 185 Å². The molecule has 8 aliphatic heterocycles. The molecule has 4 aromatic carbocycles. The number of allylic oxidation sites excluding steroid dienone is 1. The second-order valence-corrected chi connectivity index (χ2v) is 43.8. The van der Waals surface area contributed by atoms with Crippen molar-refractivity contribution in [3.63, 3.8) is 0 Å². The quantitative estimate of drug-likeness (QED) is 0.0179. The van der Waals surface area contributed by atoms with Crippen LogP contribution in [0.4, 0.5) is 46.4 Å². The number of imidazole rings is 4. The van der Waals surface area contributed by atoms with E-state index in [2.05, 4.69) is 78.3 Å². The number of quaternary nitrogens is 2. The van der Waals surface area contributed by atoms with Crippen molar-refractivity contribution in [1.29, 1.82) is 0 Å². The third kappa shape index (κ3) is 22.8. The third-order valence-corrected chi connectivity index (χ3v) is 32.5. The van der Waals surface area contributed by atoms with Gasteiger partial charge in [-0.3, -0.25) is 80.5 Å². The number of para-hydroxylation sites is 2. The fourth-order valence-electron chi connectivity index (χ4n) is 15.9. The first-order valence-corrected chi connectivity index (χ1v) is 52.1. The van der Waals surface area contributed by atoms with Crippen LogP contribution < -0.4 is 32.3 Å². The molecule has 20 atom stereocenters. The van der Waals surface area contributed by atoms with Crippen molar-refractivity contribution in [2.75, 3.05) is 61.2 Å². The number of halogens is 4. The van der Waals surface area contributed by atoms with E-state index in [-0.39, 0.29) is 147 Å². The van der Waals surface area contributed by atoms with Gasteiger partial charge in [0.25, 0.3) is 23.2 Å². The van der Waals surface area contributed by atoms with Crippen LogP contribution in [0.1, 0.15) is 68.9 Å². The van der Waals surface area contributed by atoms with E-state index in [1.807, 2.05) is 12.2 Å². The van der Waals surface area contributed by atoms with E-state index in [1.54, 1.807) is 60.7 Å². The highest BCUT2D eigenvalue weighted by molar-refractivity contribution is 8.55. The van der Waals surface area contributed by atoms with E-state index >= 15 is 26.7 Å². The Balaban J connectivity index is 0.000000276. The number of nitrogens with zero attached hydrogens (tertiary/aromatic N) is 20. The lowest BCUT2D eigenvalue weighted by molar-refractivity contribution is -0.385. The molecule has 45 nitrogen and oxygen atoms in total. The van der Waals surface area contributed by atoms with Crippen molar-refractivity contribution < 1.29 is 111 Å². The van der Waals surface area contributed by atoms with Crippen LogP contribution in [0.2, 0.25) is 0 Å². The van der Waals surface area contributed by atoms with Gasteiger partial charge in [-0.25, -0.2) is 86.5 Å². The van der Waals surface area contributed by atoms with Crippen molar-refractivity contribution in [3.8, 4) is 0 Å². The number of hydrogen-bond acceptors (Lipinski definition) is 39. The molecule has 12 aromatic rings. The Bertz CT molecular complexity index is 6350. The van der Waals surface area contributed by atoms with Gasteiger partial charge in [-0.05, 0) is 59.9 Å². The maximum Gasteiger partial charge on any atom is 0.390 e. The number of benzene rings is 4. The normalized spacial score (nSPS) is 28.4. The Kier molecular flexibility index (Phi) is 36.5. The van der Waals surface area contributed by atoms with Gasteiger partial charge in [0, 0.05) is 65.5 Å². The number of fused-ring (bicyclic) bond motifs is 14. The Morgan fingerprint density at radius 2 is 0.857 bits per heavy atom. The lowest BCUT2D eigenvalue weighted by Gasteiger charge is -2.36. The summed E-state index contributed by atoms with van der Waals surface area (Å²) in [6, 6.07) is 27.7. The molecule has 8 aromatic heterocycles. The number of aryl methyl sites for hydroxylation is 1. The summed E-state index contributed by atoms with van der Waals surface area (Å²) in [5, 5.41) is 27.5. The average Bonchev–Trinajstić information content (AvgIpc) is 1.59. The number of carbonyl (C=O) groups is 2. The second-order valence-electron chi connectivity index (χ2n) is 30.4. The van der Waals surface area contributed by atoms with Crippen LogP contribution >= 0.6 is 104 Å². The molecule has 0 saturated carbocycles. The highest BCUT2D eigenvalue weighted by Crippen LogP contribution is 2.68. The van der Waals surface area contributed by atoms with Crippen LogP contribution in [0, 0.1) is 20.2 Å². The van der Waals surface area contributed by atoms with Gasteiger partial charge in [0.2, 0.25) is 0 Å². The van der Waals surface area contributed by atoms with Gasteiger partial charge in [0.15, 0.2) is 113 Å². The van der Waals surface area contributed by atoms with Gasteiger partial charge in [0.1, 0.15) is 86.4 Å². The third-order valence-electron chi connectivity index (χ3n) is 22.1. The van der Waals surface area contributed by atoms with Crippen LogP contribution in [-0.4, -0.2) is 219 Å². The smallest absolute Gasteiger partial charge is 0.390 e. The molecular weight excluding hydrogens is 2080 g/mol. The molecule has 6 saturated heterocycles. The fourth-order valence-corrected chi connectivity index (χ4v) is 25.5. The van der Waals surface area contributed by atoms with Crippen molar-refractivity contribution in [2.45, 2.75) is 123 Å². The summed E-state index contributed by atoms with van der Waals surface area (Å²) in [6.45, 7) is -14.1. The zero-order valence-corrected chi connectivity index (χ0v) is 84.0. The van der Waals surface area contributed by atoms with E-state index in [4.69, 9.17) is 79.2 Å². The fraction of sp³-hybridized carbons (Fsp3) is 0.342. The number of rotatable bonds is 18. The second kappa shape index (κ2) is 46.6. The summed E-state index contributed by atoms with van der Waals surface area (Å²) in [4.78, 5) is 119. The minimum atomic E-state index is -4.92. The van der Waals surface area contributed by atoms with Gasteiger partial charge in [0.05, 0.1) is 67.3 Å². The predicted molar refractivity (Wildman–Crippen MR) is 529 cm³/mol. The number of carbonyl (C=O) groups excluding carboxylic acids is 2. The Morgan fingerprint density at radius 3 is 1.29 bits per heavy atom. The summed E-state index contributed by atoms with van der Waals surface area (Å²) in [6.07, 6.45) is -10.8. The number of alkyl halides is 4. The van der Waals surface area contributed by atoms with Crippen LogP contribution in [0.3, 0.4) is 0 Å².